The van der Waals surface area contributed by atoms with Gasteiger partial charge in [0, 0.05) is 20.1 Å². The Bertz CT molecular complexity index is 326. The zero-order valence-corrected chi connectivity index (χ0v) is 11.6. The molecule has 1 aliphatic rings. The molecule has 2 atom stereocenters. The lowest BCUT2D eigenvalue weighted by Gasteiger charge is -2.26. The Morgan fingerprint density at radius 2 is 2.16 bits per heavy atom. The van der Waals surface area contributed by atoms with Crippen LogP contribution in [0.2, 0.25) is 0 Å². The monoisotopic (exact) mass is 274 g/mol. The topological polar surface area (TPSA) is 96.9 Å². The molecule has 7 nitrogen and oxygen atoms in total. The Labute approximate surface area is 112 Å². The number of methoxy groups -OCH3 is 1. The van der Waals surface area contributed by atoms with E-state index in [0.29, 0.717) is 26.2 Å². The van der Waals surface area contributed by atoms with Gasteiger partial charge in [0.05, 0.1) is 13.2 Å². The zero-order valence-electron chi connectivity index (χ0n) is 11.6. The molecule has 0 aromatic heterocycles. The van der Waals surface area contributed by atoms with Crippen LogP contribution in [0.5, 0.6) is 0 Å². The number of hydrogen-bond donors (Lipinski definition) is 3. The maximum Gasteiger partial charge on any atom is 0.326 e. The van der Waals surface area contributed by atoms with E-state index in [0.717, 1.165) is 0 Å². The summed E-state index contributed by atoms with van der Waals surface area (Å²) in [6.07, 6.45) is 0.705. The van der Waals surface area contributed by atoms with E-state index in [4.69, 9.17) is 14.6 Å². The van der Waals surface area contributed by atoms with Crippen LogP contribution < -0.4 is 10.6 Å². The molecule has 1 saturated heterocycles. The van der Waals surface area contributed by atoms with Gasteiger partial charge < -0.3 is 25.2 Å². The standard InChI is InChI=1S/C12H22N2O5/c1-8(2)9(10(15)16)14-11(17)13-6-12(18-3)4-5-19-7-12/h8-9H,4-7H2,1-3H3,(H,15,16)(H2,13,14,17)/t9-,12?/m0/s1. The van der Waals surface area contributed by atoms with Crippen molar-refractivity contribution >= 4 is 12.0 Å². The highest BCUT2D eigenvalue weighted by atomic mass is 16.5. The average molecular weight is 274 g/mol. The van der Waals surface area contributed by atoms with E-state index in [2.05, 4.69) is 10.6 Å². The number of carboxylic acid groups (broad SMARTS) is 1. The van der Waals surface area contributed by atoms with Crippen molar-refractivity contribution in [3.63, 3.8) is 0 Å². The van der Waals surface area contributed by atoms with Crippen molar-refractivity contribution in [1.82, 2.24) is 10.6 Å². The van der Waals surface area contributed by atoms with Gasteiger partial charge in [0.1, 0.15) is 11.6 Å². The summed E-state index contributed by atoms with van der Waals surface area (Å²) in [6, 6.07) is -1.41. The molecule has 1 aliphatic heterocycles. The van der Waals surface area contributed by atoms with Crippen LogP contribution in [0.25, 0.3) is 0 Å². The van der Waals surface area contributed by atoms with Crippen LogP contribution in [-0.4, -0.2) is 55.6 Å². The first-order valence-corrected chi connectivity index (χ1v) is 6.30. The maximum absolute atomic E-state index is 11.7. The van der Waals surface area contributed by atoms with E-state index in [-0.39, 0.29) is 5.92 Å². The van der Waals surface area contributed by atoms with E-state index in [9.17, 15) is 9.59 Å². The van der Waals surface area contributed by atoms with Gasteiger partial charge in [-0.3, -0.25) is 0 Å². The third kappa shape index (κ3) is 4.36. The summed E-state index contributed by atoms with van der Waals surface area (Å²) in [5.41, 5.74) is -0.506. The second-order valence-electron chi connectivity index (χ2n) is 5.08. The number of nitrogens with one attached hydrogen (secondary N) is 2. The normalized spacial score (nSPS) is 24.2. The highest BCUT2D eigenvalue weighted by Crippen LogP contribution is 2.21. The minimum absolute atomic E-state index is 0.186. The molecular formula is C12H22N2O5. The van der Waals surface area contributed by atoms with Crippen molar-refractivity contribution in [2.75, 3.05) is 26.9 Å². The van der Waals surface area contributed by atoms with Crippen LogP contribution in [0.4, 0.5) is 4.79 Å². The minimum Gasteiger partial charge on any atom is -0.480 e. The molecule has 7 heteroatoms. The number of rotatable bonds is 6. The Hall–Kier alpha value is -1.34. The smallest absolute Gasteiger partial charge is 0.326 e. The molecule has 0 aliphatic carbocycles. The van der Waals surface area contributed by atoms with E-state index in [1.54, 1.807) is 21.0 Å². The lowest BCUT2D eigenvalue weighted by atomic mass is 10.0. The van der Waals surface area contributed by atoms with Crippen LogP contribution >= 0.6 is 0 Å². The van der Waals surface area contributed by atoms with Crippen LogP contribution in [0.1, 0.15) is 20.3 Å². The number of carbonyl (C=O) groups excluding carboxylic acids is 1. The molecule has 0 aromatic rings. The molecule has 0 saturated carbocycles. The summed E-state index contributed by atoms with van der Waals surface area (Å²) < 4.78 is 10.6. The van der Waals surface area contributed by atoms with Crippen molar-refractivity contribution in [1.29, 1.82) is 0 Å². The molecule has 0 aromatic carbocycles. The first kappa shape index (κ1) is 15.7. The van der Waals surface area contributed by atoms with Gasteiger partial charge in [-0.1, -0.05) is 13.8 Å². The van der Waals surface area contributed by atoms with Gasteiger partial charge in [0.15, 0.2) is 0 Å². The summed E-state index contributed by atoms with van der Waals surface area (Å²) in [6.45, 7) is 4.79. The molecule has 0 radical (unpaired) electrons. The lowest BCUT2D eigenvalue weighted by molar-refractivity contribution is -0.140. The fraction of sp³-hybridized carbons (Fsp3) is 0.833. The molecular weight excluding hydrogens is 252 g/mol. The molecule has 110 valence electrons. The number of aliphatic carboxylic acids is 1. The Morgan fingerprint density at radius 3 is 2.58 bits per heavy atom. The van der Waals surface area contributed by atoms with Gasteiger partial charge in [-0.05, 0) is 5.92 Å². The Morgan fingerprint density at radius 1 is 1.47 bits per heavy atom. The fourth-order valence-corrected chi connectivity index (χ4v) is 1.91. The van der Waals surface area contributed by atoms with Gasteiger partial charge in [0.25, 0.3) is 0 Å². The Kier molecular flexibility index (Phi) is 5.56. The molecule has 0 bridgehead atoms. The van der Waals surface area contributed by atoms with Crippen molar-refractivity contribution in [2.24, 2.45) is 5.92 Å². The van der Waals surface area contributed by atoms with Gasteiger partial charge >= 0.3 is 12.0 Å². The van der Waals surface area contributed by atoms with Crippen LogP contribution in [0, 0.1) is 5.92 Å². The number of ether oxygens (including phenoxy) is 2. The zero-order chi connectivity index (χ0) is 14.5. The molecule has 0 spiro atoms. The van der Waals surface area contributed by atoms with Crippen molar-refractivity contribution in [2.45, 2.75) is 31.9 Å². The summed E-state index contributed by atoms with van der Waals surface area (Å²) in [5.74, 6) is -1.23. The second-order valence-corrected chi connectivity index (χ2v) is 5.08. The SMILES string of the molecule is COC1(CNC(=O)N[C@H](C(=O)O)C(C)C)CCOC1. The van der Waals surface area contributed by atoms with E-state index in [1.807, 2.05) is 0 Å². The van der Waals surface area contributed by atoms with E-state index >= 15 is 0 Å². The summed E-state index contributed by atoms with van der Waals surface area (Å²) >= 11 is 0. The third-order valence-corrected chi connectivity index (χ3v) is 3.29. The average Bonchev–Trinajstić information content (AvgIpc) is 2.82. The highest BCUT2D eigenvalue weighted by Gasteiger charge is 2.35. The van der Waals surface area contributed by atoms with Gasteiger partial charge in [-0.25, -0.2) is 9.59 Å². The van der Waals surface area contributed by atoms with Crippen LogP contribution in [0.3, 0.4) is 0 Å². The quantitative estimate of drug-likeness (QED) is 0.643. The minimum atomic E-state index is -1.05. The van der Waals surface area contributed by atoms with Crippen molar-refractivity contribution in [3.8, 4) is 0 Å². The highest BCUT2D eigenvalue weighted by molar-refractivity contribution is 5.82. The van der Waals surface area contributed by atoms with Crippen LogP contribution in [0.15, 0.2) is 0 Å². The number of amides is 2. The molecule has 2 amide bonds. The van der Waals surface area contributed by atoms with Crippen LogP contribution in [-0.2, 0) is 14.3 Å². The van der Waals surface area contributed by atoms with Crippen molar-refractivity contribution in [3.05, 3.63) is 0 Å². The number of carboxylic acids is 1. The number of carbonyl (C=O) groups is 2. The Balaban J connectivity index is 2.44. The van der Waals surface area contributed by atoms with Gasteiger partial charge in [-0.2, -0.15) is 0 Å². The molecule has 1 rings (SSSR count). The van der Waals surface area contributed by atoms with Gasteiger partial charge in [-0.15, -0.1) is 0 Å². The largest absolute Gasteiger partial charge is 0.480 e. The molecule has 19 heavy (non-hydrogen) atoms. The predicted octanol–water partition coefficient (Wildman–Crippen LogP) is 0.200. The predicted molar refractivity (Wildman–Crippen MR) is 68.0 cm³/mol. The first-order chi connectivity index (χ1) is 8.90. The maximum atomic E-state index is 11.7. The fourth-order valence-electron chi connectivity index (χ4n) is 1.91. The molecule has 1 unspecified atom stereocenters. The summed E-state index contributed by atoms with van der Waals surface area (Å²) in [5, 5.41) is 14.1. The summed E-state index contributed by atoms with van der Waals surface area (Å²) in [4.78, 5) is 22.7. The molecule has 3 N–H and O–H groups in total. The second kappa shape index (κ2) is 6.72. The van der Waals surface area contributed by atoms with Gasteiger partial charge in [0.2, 0.25) is 0 Å². The van der Waals surface area contributed by atoms with E-state index < -0.39 is 23.6 Å². The number of hydrogen-bond acceptors (Lipinski definition) is 4. The van der Waals surface area contributed by atoms with E-state index in [1.165, 1.54) is 0 Å². The number of urea groups is 1. The lowest BCUT2D eigenvalue weighted by Crippen LogP contribution is -2.52. The third-order valence-electron chi connectivity index (χ3n) is 3.29. The van der Waals surface area contributed by atoms with Crippen molar-refractivity contribution < 1.29 is 24.2 Å². The summed E-state index contributed by atoms with van der Waals surface area (Å²) in [7, 11) is 1.57. The first-order valence-electron chi connectivity index (χ1n) is 6.30. The molecule has 1 heterocycles. The molecule has 1 fully saturated rings.